The molecule has 1 fully saturated rings. The first-order valence-electron chi connectivity index (χ1n) is 14.4. The molecule has 0 aliphatic carbocycles. The number of carboxylic acids is 1. The van der Waals surface area contributed by atoms with E-state index in [2.05, 4.69) is 37.8 Å². The number of aryl methyl sites for hydroxylation is 1. The van der Waals surface area contributed by atoms with Gasteiger partial charge in [-0.15, -0.1) is 15.2 Å². The quantitative estimate of drug-likeness (QED) is 0.0525. The third kappa shape index (κ3) is 7.20. The molecule has 2 unspecified atom stereocenters. The number of aromatic amines is 1. The topological polar surface area (TPSA) is 187 Å². The van der Waals surface area contributed by atoms with Crippen LogP contribution in [0.25, 0.3) is 22.5 Å². The predicted molar refractivity (Wildman–Crippen MR) is 159 cm³/mol. The number of carbonyl (C=O) groups excluding carboxylic acids is 1. The van der Waals surface area contributed by atoms with Crippen molar-refractivity contribution >= 4 is 23.5 Å². The van der Waals surface area contributed by atoms with Crippen LogP contribution >= 0.6 is 11.6 Å². The van der Waals surface area contributed by atoms with Crippen LogP contribution in [0.4, 0.5) is 0 Å². The van der Waals surface area contributed by atoms with E-state index >= 15 is 0 Å². The van der Waals surface area contributed by atoms with Crippen molar-refractivity contribution in [3.63, 3.8) is 0 Å². The number of halogens is 1. The summed E-state index contributed by atoms with van der Waals surface area (Å²) >= 11 is 6.43. The van der Waals surface area contributed by atoms with Crippen molar-refractivity contribution in [1.29, 1.82) is 0 Å². The van der Waals surface area contributed by atoms with E-state index in [0.717, 1.165) is 40.1 Å². The lowest BCUT2D eigenvalue weighted by molar-refractivity contribution is -0.713. The number of hydrogen-bond donors (Lipinski definition) is 2. The zero-order valence-corrected chi connectivity index (χ0v) is 25.4. The van der Waals surface area contributed by atoms with E-state index in [1.165, 1.54) is 0 Å². The number of aliphatic carboxylic acids is 1. The van der Waals surface area contributed by atoms with E-state index in [0.29, 0.717) is 31.0 Å². The van der Waals surface area contributed by atoms with E-state index in [1.807, 2.05) is 55.5 Å². The second-order valence-corrected chi connectivity index (χ2v) is 11.0. The lowest BCUT2D eigenvalue weighted by Gasteiger charge is -2.16. The third-order valence-corrected chi connectivity index (χ3v) is 7.69. The minimum Gasteiger partial charge on any atom is -0.569 e. The van der Waals surface area contributed by atoms with Crippen molar-refractivity contribution in [2.24, 2.45) is 11.2 Å². The zero-order chi connectivity index (χ0) is 31.9. The van der Waals surface area contributed by atoms with Crippen LogP contribution in [0.5, 0.6) is 0 Å². The SMILES string of the molecule is CCCCc1nc(Cl)c(C(=O)OCO/N=[N+](\[O-])N2CC(C)CC2C(=O)O)n1Cc1ccc(-c2ccccc2-c2nn[nH]n2)cc1. The first-order chi connectivity index (χ1) is 21.8. The van der Waals surface area contributed by atoms with Gasteiger partial charge in [-0.1, -0.05) is 80.4 Å². The smallest absolute Gasteiger partial charge is 0.361 e. The molecule has 0 spiro atoms. The van der Waals surface area contributed by atoms with Gasteiger partial charge in [0.2, 0.25) is 11.1 Å². The summed E-state index contributed by atoms with van der Waals surface area (Å²) in [6.07, 6.45) is 2.65. The fourth-order valence-corrected chi connectivity index (χ4v) is 5.52. The number of ether oxygens (including phenoxy) is 1. The number of nitrogens with zero attached hydrogens (tertiary/aromatic N) is 8. The Morgan fingerprint density at radius 2 is 1.96 bits per heavy atom. The molecule has 3 heterocycles. The van der Waals surface area contributed by atoms with E-state index in [4.69, 9.17) is 21.2 Å². The number of benzene rings is 2. The summed E-state index contributed by atoms with van der Waals surface area (Å²) in [5, 5.41) is 40.4. The largest absolute Gasteiger partial charge is 0.569 e. The van der Waals surface area contributed by atoms with Crippen LogP contribution in [0.1, 0.15) is 55.0 Å². The number of carboxylic acid groups (broad SMARTS) is 1. The molecule has 16 heteroatoms. The molecular weight excluding hydrogens is 606 g/mol. The van der Waals surface area contributed by atoms with Gasteiger partial charge in [0, 0.05) is 18.5 Å². The molecule has 5 rings (SSSR count). The van der Waals surface area contributed by atoms with Gasteiger partial charge in [-0.05, 0) is 40.7 Å². The van der Waals surface area contributed by atoms with Gasteiger partial charge in [0.1, 0.15) is 5.82 Å². The van der Waals surface area contributed by atoms with Crippen LogP contribution in [0.3, 0.4) is 0 Å². The number of carbonyl (C=O) groups is 2. The predicted octanol–water partition coefficient (Wildman–Crippen LogP) is 4.49. The Bertz CT molecular complexity index is 1660. The van der Waals surface area contributed by atoms with E-state index in [1.54, 1.807) is 4.57 Å². The second kappa shape index (κ2) is 14.2. The number of hydrazine groups is 1. The van der Waals surface area contributed by atoms with Crippen molar-refractivity contribution in [2.45, 2.75) is 52.1 Å². The van der Waals surface area contributed by atoms with Gasteiger partial charge in [-0.25, -0.2) is 14.6 Å². The molecular formula is C29H32ClN9O6. The average molecular weight is 638 g/mol. The van der Waals surface area contributed by atoms with Crippen LogP contribution in [-0.2, 0) is 27.3 Å². The molecule has 2 aromatic carbocycles. The minimum absolute atomic E-state index is 0.0105. The summed E-state index contributed by atoms with van der Waals surface area (Å²) < 4.78 is 6.93. The molecule has 236 valence electrons. The highest BCUT2D eigenvalue weighted by atomic mass is 35.5. The maximum Gasteiger partial charge on any atom is 0.361 e. The van der Waals surface area contributed by atoms with Crippen LogP contribution < -0.4 is 0 Å². The number of H-pyrrole nitrogens is 1. The Labute approximate surface area is 262 Å². The van der Waals surface area contributed by atoms with Gasteiger partial charge < -0.3 is 24.5 Å². The summed E-state index contributed by atoms with van der Waals surface area (Å²) in [4.78, 5) is 34.0. The summed E-state index contributed by atoms with van der Waals surface area (Å²) in [6, 6.07) is 14.6. The van der Waals surface area contributed by atoms with Crippen LogP contribution in [0, 0.1) is 11.1 Å². The summed E-state index contributed by atoms with van der Waals surface area (Å²) in [6.45, 7) is 3.68. The second-order valence-electron chi connectivity index (χ2n) is 10.7. The molecule has 1 saturated heterocycles. The molecule has 45 heavy (non-hydrogen) atoms. The van der Waals surface area contributed by atoms with Crippen molar-refractivity contribution in [3.05, 3.63) is 76.0 Å². The molecule has 0 amide bonds. The molecule has 0 radical (unpaired) electrons. The van der Waals surface area contributed by atoms with Crippen molar-refractivity contribution in [1.82, 2.24) is 35.2 Å². The van der Waals surface area contributed by atoms with Gasteiger partial charge >= 0.3 is 11.9 Å². The van der Waals surface area contributed by atoms with Gasteiger partial charge in [0.05, 0.1) is 11.5 Å². The minimum atomic E-state index is -1.13. The molecule has 2 atom stereocenters. The molecule has 1 aliphatic rings. The summed E-state index contributed by atoms with van der Waals surface area (Å²) in [5.41, 5.74) is 3.63. The lowest BCUT2D eigenvalue weighted by atomic mass is 9.98. The Morgan fingerprint density at radius 3 is 2.64 bits per heavy atom. The molecule has 15 nitrogen and oxygen atoms in total. The maximum atomic E-state index is 13.1. The highest BCUT2D eigenvalue weighted by Gasteiger charge is 2.40. The van der Waals surface area contributed by atoms with Gasteiger partial charge in [0.15, 0.2) is 16.9 Å². The Morgan fingerprint density at radius 1 is 1.20 bits per heavy atom. The molecule has 0 saturated carbocycles. The fraction of sp³-hybridized carbons (Fsp3) is 0.379. The zero-order valence-electron chi connectivity index (χ0n) is 24.7. The van der Waals surface area contributed by atoms with Crippen molar-refractivity contribution in [3.8, 4) is 22.5 Å². The number of aromatic nitrogens is 6. The van der Waals surface area contributed by atoms with E-state index in [9.17, 15) is 19.9 Å². The maximum absolute atomic E-state index is 13.1. The Kier molecular flexibility index (Phi) is 9.87. The molecule has 1 aliphatic heterocycles. The highest BCUT2D eigenvalue weighted by molar-refractivity contribution is 6.32. The van der Waals surface area contributed by atoms with Crippen LogP contribution in [0.2, 0.25) is 5.15 Å². The van der Waals surface area contributed by atoms with Gasteiger partial charge in [0.25, 0.3) is 6.79 Å². The van der Waals surface area contributed by atoms with Gasteiger partial charge in [-0.2, -0.15) is 5.21 Å². The summed E-state index contributed by atoms with van der Waals surface area (Å²) in [7, 11) is 0. The Hall–Kier alpha value is -5.05. The lowest BCUT2D eigenvalue weighted by Crippen LogP contribution is -2.40. The number of nitrogens with one attached hydrogen (secondary N) is 1. The van der Waals surface area contributed by atoms with E-state index in [-0.39, 0.29) is 28.3 Å². The van der Waals surface area contributed by atoms with Gasteiger partial charge in [-0.3, -0.25) is 0 Å². The number of tetrazole rings is 1. The molecule has 2 N–H and O–H groups in total. The third-order valence-electron chi connectivity index (χ3n) is 7.43. The number of hydrogen-bond acceptors (Lipinski definition) is 10. The number of rotatable bonds is 13. The Balaban J connectivity index is 1.30. The standard InChI is InChI=1S/C29H32ClN9O6/c1-3-4-9-24-31-26(30)25(29(42)44-17-45-36-39(43)38-15-18(2)14-23(38)28(40)41)37(24)16-19-10-12-20(13-11-19)21-7-5-6-8-22(21)27-32-34-35-33-27/h5-8,10-13,18,23H,3-4,9,14-17H2,1-2H3,(H,40,41)(H,32,33,34,35)/b39-36-. The first-order valence-corrected chi connectivity index (χ1v) is 14.8. The van der Waals surface area contributed by atoms with Crippen LogP contribution in [-0.4, -0.2) is 76.6 Å². The normalized spacial score (nSPS) is 16.6. The highest BCUT2D eigenvalue weighted by Crippen LogP contribution is 2.30. The first kappa shape index (κ1) is 31.4. The fourth-order valence-electron chi connectivity index (χ4n) is 5.24. The number of imidazole rings is 1. The summed E-state index contributed by atoms with van der Waals surface area (Å²) in [5.74, 6) is -0.844. The molecule has 4 aromatic rings. The monoisotopic (exact) mass is 637 g/mol. The number of esters is 1. The number of unbranched alkanes of at least 4 members (excludes halogenated alkanes) is 1. The van der Waals surface area contributed by atoms with Crippen LogP contribution in [0.15, 0.2) is 53.8 Å². The molecule has 0 bridgehead atoms. The average Bonchev–Trinajstić information content (AvgIpc) is 3.78. The van der Waals surface area contributed by atoms with Crippen molar-refractivity contribution in [2.75, 3.05) is 13.3 Å². The van der Waals surface area contributed by atoms with Crippen molar-refractivity contribution < 1.29 is 29.2 Å². The van der Waals surface area contributed by atoms with E-state index < -0.39 is 24.8 Å². The molecule has 2 aromatic heterocycles.